The fourth-order valence-electron chi connectivity index (χ4n) is 6.18. The lowest BCUT2D eigenvalue weighted by atomic mass is 10.0. The Kier molecular flexibility index (Phi) is 34.7. The number of nitrogens with zero attached hydrogens (tertiary/aromatic N) is 1. The zero-order chi connectivity index (χ0) is 37.9. The monoisotopic (exact) mass is 747 g/mol. The first kappa shape index (κ1) is 50.4. The molecule has 0 saturated heterocycles. The third-order valence-electron chi connectivity index (χ3n) is 9.58. The van der Waals surface area contributed by atoms with E-state index in [0.29, 0.717) is 17.6 Å². The summed E-state index contributed by atoms with van der Waals surface area (Å²) in [6, 6.07) is 0. The number of rotatable bonds is 40. The van der Waals surface area contributed by atoms with Crippen molar-refractivity contribution in [3.05, 3.63) is 12.2 Å². The molecule has 0 saturated carbocycles. The molecule has 0 aliphatic carbocycles. The van der Waals surface area contributed by atoms with Gasteiger partial charge in [-0.15, -0.1) is 0 Å². The number of ether oxygens (including phenoxy) is 1. The quantitative estimate of drug-likeness (QED) is 0.0278. The Hall–Kier alpha value is -0.600. The van der Waals surface area contributed by atoms with E-state index in [2.05, 4.69) is 13.8 Å². The highest BCUT2D eigenvalue weighted by molar-refractivity contribution is 7.47. The molecule has 0 fully saturated rings. The molecule has 3 atom stereocenters. The van der Waals surface area contributed by atoms with Crippen molar-refractivity contribution in [2.45, 2.75) is 206 Å². The van der Waals surface area contributed by atoms with Crippen LogP contribution in [0.15, 0.2) is 12.2 Å². The van der Waals surface area contributed by atoms with Gasteiger partial charge in [-0.3, -0.25) is 13.8 Å². The van der Waals surface area contributed by atoms with Crippen molar-refractivity contribution in [2.75, 3.05) is 47.5 Å². The molecule has 0 aliphatic heterocycles. The molecule has 9 heteroatoms. The molecule has 8 nitrogen and oxygen atoms in total. The van der Waals surface area contributed by atoms with Gasteiger partial charge in [0.25, 0.3) is 0 Å². The molecule has 0 aliphatic rings. The second kappa shape index (κ2) is 35.1. The number of aliphatic hydroxyl groups excluding tert-OH is 1. The molecule has 2 N–H and O–H groups in total. The van der Waals surface area contributed by atoms with Gasteiger partial charge in [0.1, 0.15) is 19.3 Å². The van der Waals surface area contributed by atoms with Gasteiger partial charge in [-0.05, 0) is 25.3 Å². The molecule has 0 aromatic rings. The van der Waals surface area contributed by atoms with Crippen LogP contribution in [0.2, 0.25) is 0 Å². The third-order valence-corrected chi connectivity index (χ3v) is 10.6. The maximum Gasteiger partial charge on any atom is 0.473 e. The Bertz CT molecular complexity index is 848. The van der Waals surface area contributed by atoms with Crippen LogP contribution in [0.1, 0.15) is 194 Å². The SMILES string of the molecule is CCCCCCCCCCCCCCCC=CC(=O)C(OP(=O)(O)OCC[N+](C)(C)C)[C@@H](O)COCCCCCCCCCCCCCCCC. The minimum atomic E-state index is -4.57. The van der Waals surface area contributed by atoms with Crippen LogP contribution in [0, 0.1) is 0 Å². The largest absolute Gasteiger partial charge is 0.473 e. The summed E-state index contributed by atoms with van der Waals surface area (Å²) < 4.78 is 29.4. The van der Waals surface area contributed by atoms with Crippen LogP contribution in [0.4, 0.5) is 0 Å². The molecule has 0 rings (SSSR count). The average Bonchev–Trinajstić information content (AvgIpc) is 3.07. The highest BCUT2D eigenvalue weighted by Crippen LogP contribution is 2.45. The summed E-state index contributed by atoms with van der Waals surface area (Å²) in [4.78, 5) is 23.5. The number of ketones is 1. The highest BCUT2D eigenvalue weighted by Gasteiger charge is 2.35. The normalized spacial score (nSPS) is 14.6. The minimum Gasteiger partial charge on any atom is -0.387 e. The van der Waals surface area contributed by atoms with Gasteiger partial charge in [-0.1, -0.05) is 180 Å². The van der Waals surface area contributed by atoms with Crippen LogP contribution < -0.4 is 0 Å². The van der Waals surface area contributed by atoms with Crippen molar-refractivity contribution in [3.63, 3.8) is 0 Å². The first-order valence-corrected chi connectivity index (χ1v) is 22.9. The van der Waals surface area contributed by atoms with Crippen LogP contribution in [-0.2, 0) is 23.1 Å². The van der Waals surface area contributed by atoms with Gasteiger partial charge >= 0.3 is 7.82 Å². The van der Waals surface area contributed by atoms with E-state index in [1.54, 1.807) is 6.08 Å². The van der Waals surface area contributed by atoms with E-state index in [9.17, 15) is 19.4 Å². The molecule has 51 heavy (non-hydrogen) atoms. The maximum atomic E-state index is 13.1. The number of likely N-dealkylation sites (N-methyl/N-ethyl adjacent to an activating group) is 1. The van der Waals surface area contributed by atoms with Gasteiger partial charge in [0, 0.05) is 6.61 Å². The smallest absolute Gasteiger partial charge is 0.387 e. The molecule has 0 radical (unpaired) electrons. The van der Waals surface area contributed by atoms with Gasteiger partial charge < -0.3 is 19.2 Å². The molecule has 0 aromatic heterocycles. The number of carbonyl (C=O) groups excluding carboxylic acids is 1. The molecular formula is C42H85NO7P+. The van der Waals surface area contributed by atoms with Crippen LogP contribution in [0.5, 0.6) is 0 Å². The van der Waals surface area contributed by atoms with Crippen molar-refractivity contribution < 1.29 is 37.6 Å². The summed E-state index contributed by atoms with van der Waals surface area (Å²) >= 11 is 0. The lowest BCUT2D eigenvalue weighted by molar-refractivity contribution is -0.870. The zero-order valence-corrected chi connectivity index (χ0v) is 35.2. The number of aliphatic hydroxyl groups is 1. The summed E-state index contributed by atoms with van der Waals surface area (Å²) in [5, 5.41) is 10.8. The second-order valence-corrected chi connectivity index (χ2v) is 17.3. The van der Waals surface area contributed by atoms with Crippen molar-refractivity contribution in [1.82, 2.24) is 0 Å². The number of phosphoric ester groups is 1. The van der Waals surface area contributed by atoms with Gasteiger partial charge in [0.2, 0.25) is 0 Å². The number of allylic oxidation sites excluding steroid dienone is 1. The standard InChI is InChI=1S/C42H84NO7P/c1-6-8-10-12-14-16-18-20-22-23-25-27-29-31-33-35-40(44)42(50-51(46,47)49-38-36-43(3,4)5)41(45)39-48-37-34-32-30-28-26-24-21-19-17-15-13-11-9-7-2/h33,35,41-42,45H,6-32,34,36-39H2,1-5H3/p+1/t41-,42?/m0/s1. The fourth-order valence-corrected chi connectivity index (χ4v) is 7.08. The number of quaternary nitrogens is 1. The lowest BCUT2D eigenvalue weighted by Crippen LogP contribution is -2.39. The third kappa shape index (κ3) is 36.2. The van der Waals surface area contributed by atoms with Crippen LogP contribution >= 0.6 is 7.82 Å². The summed E-state index contributed by atoms with van der Waals surface area (Å²) in [6.45, 7) is 5.30. The Morgan fingerprint density at radius 1 is 0.627 bits per heavy atom. The fraction of sp³-hybridized carbons (Fsp3) is 0.929. The van der Waals surface area contributed by atoms with Crippen molar-refractivity contribution in [2.24, 2.45) is 0 Å². The van der Waals surface area contributed by atoms with Crippen LogP contribution in [0.3, 0.4) is 0 Å². The molecule has 0 bridgehead atoms. The van der Waals surface area contributed by atoms with E-state index in [-0.39, 0.29) is 13.2 Å². The topological polar surface area (TPSA) is 102 Å². The molecule has 304 valence electrons. The van der Waals surface area contributed by atoms with E-state index in [1.807, 2.05) is 21.1 Å². The molecule has 0 aromatic carbocycles. The lowest BCUT2D eigenvalue weighted by Gasteiger charge is -2.26. The van der Waals surface area contributed by atoms with Crippen LogP contribution in [-0.4, -0.2) is 80.0 Å². The van der Waals surface area contributed by atoms with Gasteiger partial charge in [0.15, 0.2) is 11.9 Å². The van der Waals surface area contributed by atoms with E-state index >= 15 is 0 Å². The van der Waals surface area contributed by atoms with E-state index in [1.165, 1.54) is 147 Å². The summed E-state index contributed by atoms with van der Waals surface area (Å²) in [6.07, 6.45) is 35.5. The molecule has 0 amide bonds. The van der Waals surface area contributed by atoms with E-state index in [0.717, 1.165) is 38.5 Å². The Morgan fingerprint density at radius 3 is 1.43 bits per heavy atom. The zero-order valence-electron chi connectivity index (χ0n) is 34.3. The van der Waals surface area contributed by atoms with Crippen molar-refractivity contribution >= 4 is 13.6 Å². The first-order valence-electron chi connectivity index (χ1n) is 21.4. The summed E-state index contributed by atoms with van der Waals surface area (Å²) in [5.41, 5.74) is 0. The first-order chi connectivity index (χ1) is 24.5. The molecule has 0 spiro atoms. The van der Waals surface area contributed by atoms with Crippen molar-refractivity contribution in [1.29, 1.82) is 0 Å². The van der Waals surface area contributed by atoms with E-state index in [4.69, 9.17) is 13.8 Å². The number of phosphoric acid groups is 1. The Labute approximate surface area is 316 Å². The van der Waals surface area contributed by atoms with E-state index < -0.39 is 25.8 Å². The Balaban J connectivity index is 4.41. The highest BCUT2D eigenvalue weighted by atomic mass is 31.2. The summed E-state index contributed by atoms with van der Waals surface area (Å²) in [5.74, 6) is -0.554. The number of hydrogen-bond acceptors (Lipinski definition) is 6. The second-order valence-electron chi connectivity index (χ2n) is 15.9. The summed E-state index contributed by atoms with van der Waals surface area (Å²) in [7, 11) is 1.26. The number of unbranched alkanes of at least 4 members (excludes halogenated alkanes) is 26. The van der Waals surface area contributed by atoms with Gasteiger partial charge in [-0.25, -0.2) is 4.57 Å². The molecule has 0 heterocycles. The molecular weight excluding hydrogens is 661 g/mol. The Morgan fingerprint density at radius 2 is 1.02 bits per heavy atom. The maximum absolute atomic E-state index is 13.1. The number of hydrogen-bond donors (Lipinski definition) is 2. The number of carbonyl (C=O) groups is 1. The predicted molar refractivity (Wildman–Crippen MR) is 215 cm³/mol. The van der Waals surface area contributed by atoms with Crippen LogP contribution in [0.25, 0.3) is 0 Å². The minimum absolute atomic E-state index is 0.0151. The average molecular weight is 747 g/mol. The van der Waals surface area contributed by atoms with Gasteiger partial charge in [-0.2, -0.15) is 0 Å². The van der Waals surface area contributed by atoms with Crippen molar-refractivity contribution in [3.8, 4) is 0 Å². The molecule has 2 unspecified atom stereocenters. The van der Waals surface area contributed by atoms with Gasteiger partial charge in [0.05, 0.1) is 27.7 Å². The predicted octanol–water partition coefficient (Wildman–Crippen LogP) is 11.7.